The van der Waals surface area contributed by atoms with Gasteiger partial charge in [0, 0.05) is 19.3 Å². The summed E-state index contributed by atoms with van der Waals surface area (Å²) in [6.07, 6.45) is 1.56. The Kier molecular flexibility index (Phi) is 3.97. The molecule has 2 rings (SSSR count). The molecule has 3 N–H and O–H groups in total. The second-order valence-corrected chi connectivity index (χ2v) is 4.22. The van der Waals surface area contributed by atoms with Gasteiger partial charge in [0.1, 0.15) is 0 Å². The second kappa shape index (κ2) is 5.68. The number of nitrogens with one attached hydrogen (secondary N) is 1. The minimum absolute atomic E-state index is 0.0639. The number of amides is 1. The molecular weight excluding hydrogens is 266 g/mol. The number of nitrogens with zero attached hydrogens (tertiary/aromatic N) is 2. The summed E-state index contributed by atoms with van der Waals surface area (Å²) in [5, 5.41) is 6.57. The van der Waals surface area contributed by atoms with Crippen LogP contribution < -0.4 is 11.1 Å². The number of rotatable bonds is 4. The van der Waals surface area contributed by atoms with Gasteiger partial charge in [-0.1, -0.05) is 6.07 Å². The van der Waals surface area contributed by atoms with Crippen LogP contribution in [0.15, 0.2) is 24.4 Å². The Morgan fingerprint density at radius 1 is 1.40 bits per heavy atom. The van der Waals surface area contributed by atoms with Crippen molar-refractivity contribution in [2.24, 2.45) is 0 Å². The summed E-state index contributed by atoms with van der Waals surface area (Å²) in [5.74, 6) is -2.34. The molecule has 5 nitrogen and oxygen atoms in total. The second-order valence-electron chi connectivity index (χ2n) is 4.22. The van der Waals surface area contributed by atoms with Crippen molar-refractivity contribution >= 4 is 11.6 Å². The van der Waals surface area contributed by atoms with Crippen molar-refractivity contribution in [2.75, 3.05) is 5.73 Å². The van der Waals surface area contributed by atoms with Gasteiger partial charge in [0.15, 0.2) is 17.3 Å². The lowest BCUT2D eigenvalue weighted by molar-refractivity contribution is 0.0946. The molecule has 0 radical (unpaired) electrons. The third-order valence-corrected chi connectivity index (χ3v) is 2.77. The summed E-state index contributed by atoms with van der Waals surface area (Å²) in [6, 6.07) is 3.44. The summed E-state index contributed by atoms with van der Waals surface area (Å²) in [6.45, 7) is 2.53. The van der Waals surface area contributed by atoms with Crippen molar-refractivity contribution in [1.82, 2.24) is 15.1 Å². The summed E-state index contributed by atoms with van der Waals surface area (Å²) in [4.78, 5) is 11.9. The molecule has 1 heterocycles. The van der Waals surface area contributed by atoms with Gasteiger partial charge in [-0.2, -0.15) is 5.10 Å². The van der Waals surface area contributed by atoms with E-state index >= 15 is 0 Å². The van der Waals surface area contributed by atoms with E-state index in [0.29, 0.717) is 12.1 Å². The van der Waals surface area contributed by atoms with Crippen molar-refractivity contribution in [2.45, 2.75) is 20.0 Å². The third-order valence-electron chi connectivity index (χ3n) is 2.77. The number of hydrogen-bond acceptors (Lipinski definition) is 3. The predicted octanol–water partition coefficient (Wildman–Crippen LogP) is 1.69. The summed E-state index contributed by atoms with van der Waals surface area (Å²) < 4.78 is 27.3. The Labute approximate surface area is 114 Å². The van der Waals surface area contributed by atoms with E-state index in [1.165, 1.54) is 6.07 Å². The van der Waals surface area contributed by atoms with E-state index in [4.69, 9.17) is 5.73 Å². The Morgan fingerprint density at radius 3 is 2.75 bits per heavy atom. The Balaban J connectivity index is 2.04. The Bertz CT molecular complexity index is 639. The van der Waals surface area contributed by atoms with Gasteiger partial charge in [-0.25, -0.2) is 8.78 Å². The van der Waals surface area contributed by atoms with Gasteiger partial charge in [0.2, 0.25) is 0 Å². The SMILES string of the molecule is CCn1cc(N)c(C(=O)NCc2ccc(F)c(F)c2)n1. The maximum Gasteiger partial charge on any atom is 0.274 e. The molecule has 0 atom stereocenters. The molecule has 0 spiro atoms. The van der Waals surface area contributed by atoms with Crippen LogP contribution in [-0.2, 0) is 13.1 Å². The molecule has 0 aliphatic rings. The van der Waals surface area contributed by atoms with Crippen LogP contribution in [0.4, 0.5) is 14.5 Å². The average Bonchev–Trinajstić information content (AvgIpc) is 2.81. The minimum atomic E-state index is -0.952. The number of carbonyl (C=O) groups is 1. The number of carbonyl (C=O) groups excluding carboxylic acids is 1. The highest BCUT2D eigenvalue weighted by Gasteiger charge is 2.14. The lowest BCUT2D eigenvalue weighted by Crippen LogP contribution is -2.24. The first-order valence-corrected chi connectivity index (χ1v) is 6.06. The van der Waals surface area contributed by atoms with Gasteiger partial charge < -0.3 is 11.1 Å². The van der Waals surface area contributed by atoms with E-state index in [2.05, 4.69) is 10.4 Å². The van der Waals surface area contributed by atoms with Crippen LogP contribution in [0.25, 0.3) is 0 Å². The molecule has 0 fully saturated rings. The van der Waals surface area contributed by atoms with Gasteiger partial charge in [-0.05, 0) is 24.6 Å². The number of nitrogens with two attached hydrogens (primary N) is 1. The highest BCUT2D eigenvalue weighted by Crippen LogP contribution is 2.11. The molecule has 7 heteroatoms. The zero-order valence-electron chi connectivity index (χ0n) is 10.9. The molecule has 20 heavy (non-hydrogen) atoms. The molecule has 0 unspecified atom stereocenters. The van der Waals surface area contributed by atoms with Crippen LogP contribution in [0, 0.1) is 11.6 Å². The lowest BCUT2D eigenvalue weighted by Gasteiger charge is -2.04. The van der Waals surface area contributed by atoms with Crippen molar-refractivity contribution in [1.29, 1.82) is 0 Å². The number of nitrogen functional groups attached to an aromatic ring is 1. The molecule has 1 aromatic carbocycles. The third kappa shape index (κ3) is 2.93. The molecular formula is C13H14F2N4O. The highest BCUT2D eigenvalue weighted by atomic mass is 19.2. The topological polar surface area (TPSA) is 72.9 Å². The first kappa shape index (κ1) is 14.0. The number of aryl methyl sites for hydroxylation is 1. The van der Waals surface area contributed by atoms with Crippen molar-refractivity contribution in [3.05, 3.63) is 47.3 Å². The summed E-state index contributed by atoms with van der Waals surface area (Å²) in [7, 11) is 0. The zero-order chi connectivity index (χ0) is 14.7. The van der Waals surface area contributed by atoms with E-state index < -0.39 is 17.5 Å². The molecule has 0 bridgehead atoms. The van der Waals surface area contributed by atoms with E-state index in [1.54, 1.807) is 10.9 Å². The van der Waals surface area contributed by atoms with E-state index in [1.807, 2.05) is 6.92 Å². The van der Waals surface area contributed by atoms with E-state index in [0.717, 1.165) is 12.1 Å². The van der Waals surface area contributed by atoms with Gasteiger partial charge in [0.25, 0.3) is 5.91 Å². The molecule has 1 amide bonds. The molecule has 106 valence electrons. The van der Waals surface area contributed by atoms with Crippen LogP contribution in [0.5, 0.6) is 0 Å². The first-order chi connectivity index (χ1) is 9.51. The number of benzene rings is 1. The fourth-order valence-electron chi connectivity index (χ4n) is 1.69. The molecule has 0 saturated carbocycles. The Hall–Kier alpha value is -2.44. The first-order valence-electron chi connectivity index (χ1n) is 6.06. The van der Waals surface area contributed by atoms with E-state index in [-0.39, 0.29) is 17.9 Å². The smallest absolute Gasteiger partial charge is 0.274 e. The molecule has 1 aromatic heterocycles. The molecule has 0 aliphatic heterocycles. The van der Waals surface area contributed by atoms with Crippen LogP contribution in [-0.4, -0.2) is 15.7 Å². The van der Waals surface area contributed by atoms with Crippen molar-refractivity contribution < 1.29 is 13.6 Å². The zero-order valence-corrected chi connectivity index (χ0v) is 10.9. The molecule has 0 aliphatic carbocycles. The lowest BCUT2D eigenvalue weighted by atomic mass is 10.2. The van der Waals surface area contributed by atoms with Gasteiger partial charge >= 0.3 is 0 Å². The van der Waals surface area contributed by atoms with E-state index in [9.17, 15) is 13.6 Å². The average molecular weight is 280 g/mol. The minimum Gasteiger partial charge on any atom is -0.396 e. The summed E-state index contributed by atoms with van der Waals surface area (Å²) in [5.41, 5.74) is 6.52. The molecule has 2 aromatic rings. The standard InChI is InChI=1S/C13H14F2N4O/c1-2-19-7-11(16)12(18-19)13(20)17-6-8-3-4-9(14)10(15)5-8/h3-5,7H,2,6,16H2,1H3,(H,17,20). The van der Waals surface area contributed by atoms with Gasteiger partial charge in [0.05, 0.1) is 5.69 Å². The summed E-state index contributed by atoms with van der Waals surface area (Å²) >= 11 is 0. The fraction of sp³-hybridized carbons (Fsp3) is 0.231. The van der Waals surface area contributed by atoms with Crippen LogP contribution in [0.1, 0.15) is 23.0 Å². The van der Waals surface area contributed by atoms with Crippen LogP contribution >= 0.6 is 0 Å². The number of hydrogen-bond donors (Lipinski definition) is 2. The maximum atomic E-state index is 13.0. The highest BCUT2D eigenvalue weighted by molar-refractivity contribution is 5.96. The number of aromatic nitrogens is 2. The quantitative estimate of drug-likeness (QED) is 0.895. The maximum absolute atomic E-state index is 13.0. The largest absolute Gasteiger partial charge is 0.396 e. The van der Waals surface area contributed by atoms with Gasteiger partial charge in [-0.3, -0.25) is 9.48 Å². The number of halogens is 2. The monoisotopic (exact) mass is 280 g/mol. The van der Waals surface area contributed by atoms with Crippen molar-refractivity contribution in [3.63, 3.8) is 0 Å². The predicted molar refractivity (Wildman–Crippen MR) is 69.8 cm³/mol. The normalized spacial score (nSPS) is 10.6. The van der Waals surface area contributed by atoms with Crippen LogP contribution in [0.3, 0.4) is 0 Å². The fourth-order valence-corrected chi connectivity index (χ4v) is 1.69. The Morgan fingerprint density at radius 2 is 2.15 bits per heavy atom. The van der Waals surface area contributed by atoms with Crippen molar-refractivity contribution in [3.8, 4) is 0 Å². The number of anilines is 1. The van der Waals surface area contributed by atoms with Gasteiger partial charge in [-0.15, -0.1) is 0 Å². The van der Waals surface area contributed by atoms with Crippen LogP contribution in [0.2, 0.25) is 0 Å². The molecule has 0 saturated heterocycles.